The largest absolute Gasteiger partial charge is 0.497 e. The minimum Gasteiger partial charge on any atom is -0.497 e. The molecule has 2 N–H and O–H groups in total. The Morgan fingerprint density at radius 3 is 2.45 bits per heavy atom. The van der Waals surface area contributed by atoms with Gasteiger partial charge in [-0.3, -0.25) is 9.89 Å². The molecule has 9 heteroatoms. The lowest BCUT2D eigenvalue weighted by Gasteiger charge is -2.29. The summed E-state index contributed by atoms with van der Waals surface area (Å²) in [5.74, 6) is 1.60. The van der Waals surface area contributed by atoms with Crippen molar-refractivity contribution >= 4 is 15.8 Å². The smallest absolute Gasteiger partial charge is 0.191 e. The highest BCUT2D eigenvalue weighted by molar-refractivity contribution is 7.90. The molecular formula is C20H34N4O4S. The molecule has 1 aromatic rings. The zero-order valence-corrected chi connectivity index (χ0v) is 18.5. The normalized spacial score (nSPS) is 16.6. The third-order valence-electron chi connectivity index (χ3n) is 4.91. The summed E-state index contributed by atoms with van der Waals surface area (Å²) in [5, 5.41) is 6.61. The lowest BCUT2D eigenvalue weighted by molar-refractivity contribution is 0.154. The van der Waals surface area contributed by atoms with E-state index in [4.69, 9.17) is 9.47 Å². The van der Waals surface area contributed by atoms with Crippen LogP contribution in [0.4, 0.5) is 0 Å². The van der Waals surface area contributed by atoms with E-state index in [-0.39, 0.29) is 18.4 Å². The molecule has 0 aromatic heterocycles. The summed E-state index contributed by atoms with van der Waals surface area (Å²) in [6.45, 7) is 4.11. The molecule has 1 aromatic carbocycles. The van der Waals surface area contributed by atoms with Crippen LogP contribution >= 0.6 is 0 Å². The minimum absolute atomic E-state index is 0.0410. The maximum Gasteiger partial charge on any atom is 0.191 e. The van der Waals surface area contributed by atoms with Crippen molar-refractivity contribution in [3.8, 4) is 5.75 Å². The summed E-state index contributed by atoms with van der Waals surface area (Å²) in [6.07, 6.45) is 3.66. The number of rotatable bonds is 11. The quantitative estimate of drug-likeness (QED) is 0.310. The van der Waals surface area contributed by atoms with E-state index < -0.39 is 9.84 Å². The number of nitrogens with zero attached hydrogens (tertiary/aromatic N) is 2. The van der Waals surface area contributed by atoms with Crippen LogP contribution in [0.15, 0.2) is 29.3 Å². The third kappa shape index (κ3) is 8.59. The van der Waals surface area contributed by atoms with Crippen LogP contribution in [0.25, 0.3) is 0 Å². The molecule has 0 aliphatic carbocycles. The molecule has 1 aliphatic rings. The van der Waals surface area contributed by atoms with Crippen molar-refractivity contribution in [1.29, 1.82) is 0 Å². The molecule has 1 unspecified atom stereocenters. The molecule has 29 heavy (non-hydrogen) atoms. The molecule has 0 bridgehead atoms. The van der Waals surface area contributed by atoms with Crippen LogP contribution in [0.5, 0.6) is 5.75 Å². The van der Waals surface area contributed by atoms with Crippen LogP contribution in [0.3, 0.4) is 0 Å². The van der Waals surface area contributed by atoms with Crippen molar-refractivity contribution in [3.63, 3.8) is 0 Å². The van der Waals surface area contributed by atoms with E-state index in [9.17, 15) is 8.42 Å². The number of benzene rings is 1. The van der Waals surface area contributed by atoms with Crippen LogP contribution < -0.4 is 15.4 Å². The molecule has 0 radical (unpaired) electrons. The SMILES string of the molecule is CN=C(NCCOCCS(C)(=O)=O)NCC(c1ccc(OC)cc1)N1CCCC1. The van der Waals surface area contributed by atoms with Crippen LogP contribution in [-0.2, 0) is 14.6 Å². The number of methoxy groups -OCH3 is 1. The number of guanidine groups is 1. The van der Waals surface area contributed by atoms with Gasteiger partial charge in [-0.2, -0.15) is 0 Å². The van der Waals surface area contributed by atoms with Crippen molar-refractivity contribution in [3.05, 3.63) is 29.8 Å². The van der Waals surface area contributed by atoms with Crippen LogP contribution in [0.1, 0.15) is 24.4 Å². The van der Waals surface area contributed by atoms with E-state index >= 15 is 0 Å². The molecule has 8 nitrogen and oxygen atoms in total. The second-order valence-corrected chi connectivity index (χ2v) is 9.41. The molecule has 2 rings (SSSR count). The van der Waals surface area contributed by atoms with Crippen LogP contribution in [-0.4, -0.2) is 84.8 Å². The fourth-order valence-corrected chi connectivity index (χ4v) is 3.73. The number of hydrogen-bond acceptors (Lipinski definition) is 6. The molecule has 1 atom stereocenters. The van der Waals surface area contributed by atoms with E-state index in [1.807, 2.05) is 12.1 Å². The fourth-order valence-electron chi connectivity index (χ4n) is 3.31. The van der Waals surface area contributed by atoms with Gasteiger partial charge in [0.15, 0.2) is 5.96 Å². The van der Waals surface area contributed by atoms with E-state index in [0.717, 1.165) is 25.4 Å². The first kappa shape index (κ1) is 23.4. The Labute approximate surface area is 174 Å². The van der Waals surface area contributed by atoms with Gasteiger partial charge in [0.25, 0.3) is 0 Å². The standard InChI is InChI=1S/C20H34N4O4S/c1-21-20(22-10-13-28-14-15-29(3,25)26)23-16-19(24-11-4-5-12-24)17-6-8-18(27-2)9-7-17/h6-9,19H,4-5,10-16H2,1-3H3,(H2,21,22,23). The van der Waals surface area contributed by atoms with Crippen molar-refractivity contribution in [1.82, 2.24) is 15.5 Å². The molecule has 0 saturated carbocycles. The molecular weight excluding hydrogens is 392 g/mol. The van der Waals surface area contributed by atoms with Crippen molar-refractivity contribution < 1.29 is 17.9 Å². The molecule has 0 spiro atoms. The predicted octanol–water partition coefficient (Wildman–Crippen LogP) is 1.06. The van der Waals surface area contributed by atoms with Crippen molar-refractivity contribution in [2.45, 2.75) is 18.9 Å². The third-order valence-corrected chi connectivity index (χ3v) is 5.81. The monoisotopic (exact) mass is 426 g/mol. The van der Waals surface area contributed by atoms with Crippen LogP contribution in [0, 0.1) is 0 Å². The Morgan fingerprint density at radius 1 is 1.17 bits per heavy atom. The topological polar surface area (TPSA) is 92.3 Å². The van der Waals surface area contributed by atoms with Crippen LogP contribution in [0.2, 0.25) is 0 Å². The summed E-state index contributed by atoms with van der Waals surface area (Å²) in [6, 6.07) is 8.50. The first-order valence-corrected chi connectivity index (χ1v) is 12.1. The van der Waals surface area contributed by atoms with Gasteiger partial charge in [-0.1, -0.05) is 12.1 Å². The number of sulfone groups is 1. The summed E-state index contributed by atoms with van der Waals surface area (Å²) in [7, 11) is 0.426. The highest BCUT2D eigenvalue weighted by atomic mass is 32.2. The molecule has 1 aliphatic heterocycles. The Bertz CT molecular complexity index is 731. The summed E-state index contributed by atoms with van der Waals surface area (Å²) >= 11 is 0. The van der Waals surface area contributed by atoms with E-state index in [1.165, 1.54) is 24.7 Å². The second-order valence-electron chi connectivity index (χ2n) is 7.15. The fraction of sp³-hybridized carbons (Fsp3) is 0.650. The van der Waals surface area contributed by atoms with Gasteiger partial charge in [-0.15, -0.1) is 0 Å². The lowest BCUT2D eigenvalue weighted by Crippen LogP contribution is -2.43. The molecule has 0 amide bonds. The number of aliphatic imine (C=N–C) groups is 1. The maximum atomic E-state index is 11.1. The average molecular weight is 427 g/mol. The zero-order valence-electron chi connectivity index (χ0n) is 17.7. The van der Waals surface area contributed by atoms with Crippen molar-refractivity contribution in [2.75, 3.05) is 65.6 Å². The number of ether oxygens (including phenoxy) is 2. The lowest BCUT2D eigenvalue weighted by atomic mass is 10.1. The van der Waals surface area contributed by atoms with Gasteiger partial charge in [0.2, 0.25) is 0 Å². The Kier molecular flexibility index (Phi) is 9.69. The summed E-state index contributed by atoms with van der Waals surface area (Å²) in [4.78, 5) is 6.77. The Morgan fingerprint density at radius 2 is 1.86 bits per heavy atom. The van der Waals surface area contributed by atoms with Gasteiger partial charge >= 0.3 is 0 Å². The highest BCUT2D eigenvalue weighted by Crippen LogP contribution is 2.26. The summed E-state index contributed by atoms with van der Waals surface area (Å²) < 4.78 is 32.8. The Balaban J connectivity index is 1.83. The maximum absolute atomic E-state index is 11.1. The number of nitrogens with one attached hydrogen (secondary N) is 2. The highest BCUT2D eigenvalue weighted by Gasteiger charge is 2.23. The molecule has 1 fully saturated rings. The van der Waals surface area contributed by atoms with Gasteiger partial charge in [-0.05, 0) is 43.6 Å². The summed E-state index contributed by atoms with van der Waals surface area (Å²) in [5.41, 5.74) is 1.25. The van der Waals surface area contributed by atoms with Gasteiger partial charge in [-0.25, -0.2) is 8.42 Å². The van der Waals surface area contributed by atoms with E-state index in [0.29, 0.717) is 19.1 Å². The first-order valence-electron chi connectivity index (χ1n) is 10.0. The second kappa shape index (κ2) is 12.0. The van der Waals surface area contributed by atoms with Gasteiger partial charge in [0.1, 0.15) is 15.6 Å². The predicted molar refractivity (Wildman–Crippen MR) is 116 cm³/mol. The number of hydrogen-bond donors (Lipinski definition) is 2. The molecule has 1 saturated heterocycles. The Hall–Kier alpha value is -1.84. The van der Waals surface area contributed by atoms with Gasteiger partial charge in [0.05, 0.1) is 32.1 Å². The molecule has 164 valence electrons. The zero-order chi connectivity index (χ0) is 21.1. The van der Waals surface area contributed by atoms with Gasteiger partial charge < -0.3 is 20.1 Å². The van der Waals surface area contributed by atoms with Gasteiger partial charge in [0, 0.05) is 26.4 Å². The minimum atomic E-state index is -2.98. The van der Waals surface area contributed by atoms with E-state index in [1.54, 1.807) is 14.2 Å². The number of likely N-dealkylation sites (tertiary alicyclic amines) is 1. The molecule has 1 heterocycles. The van der Waals surface area contributed by atoms with E-state index in [2.05, 4.69) is 32.7 Å². The van der Waals surface area contributed by atoms with Crippen molar-refractivity contribution in [2.24, 2.45) is 4.99 Å². The average Bonchev–Trinajstić information content (AvgIpc) is 3.23. The first-order chi connectivity index (χ1) is 13.9.